The van der Waals surface area contributed by atoms with Crippen LogP contribution in [0.25, 0.3) is 10.2 Å². The fourth-order valence-corrected chi connectivity index (χ4v) is 7.15. The molecule has 1 aliphatic carbocycles. The molecular weight excluding hydrogens is 456 g/mol. The summed E-state index contributed by atoms with van der Waals surface area (Å²) >= 11 is 1.37. The third-order valence-corrected chi connectivity index (χ3v) is 9.51. The summed E-state index contributed by atoms with van der Waals surface area (Å²) in [5, 5.41) is 3.83. The maximum Gasteiger partial charge on any atom is 0.266 e. The van der Waals surface area contributed by atoms with Crippen molar-refractivity contribution in [2.75, 3.05) is 18.4 Å². The molecule has 7 nitrogen and oxygen atoms in total. The number of amides is 1. The quantitative estimate of drug-likeness (QED) is 0.550. The van der Waals surface area contributed by atoms with E-state index in [1.165, 1.54) is 11.3 Å². The Labute approximate surface area is 198 Å². The third-order valence-electron chi connectivity index (χ3n) is 6.43. The molecule has 5 rings (SSSR count). The maximum atomic E-state index is 13.1. The molecule has 0 radical (unpaired) electrons. The number of aromatic nitrogens is 2. The summed E-state index contributed by atoms with van der Waals surface area (Å²) in [6.07, 6.45) is 6.13. The van der Waals surface area contributed by atoms with Crippen molar-refractivity contribution in [1.82, 2.24) is 14.3 Å². The second kappa shape index (κ2) is 8.77. The van der Waals surface area contributed by atoms with Gasteiger partial charge in [0.15, 0.2) is 0 Å². The summed E-state index contributed by atoms with van der Waals surface area (Å²) in [6.45, 7) is 4.97. The van der Waals surface area contributed by atoms with Gasteiger partial charge in [-0.15, -0.1) is 11.3 Å². The normalized spacial score (nSPS) is 17.8. The van der Waals surface area contributed by atoms with Gasteiger partial charge >= 0.3 is 0 Å². The van der Waals surface area contributed by atoms with E-state index in [2.05, 4.69) is 10.3 Å². The number of carbonyl (C=O) groups excluding carboxylic acids is 1. The zero-order valence-corrected chi connectivity index (χ0v) is 20.6. The van der Waals surface area contributed by atoms with Crippen LogP contribution in [0.5, 0.6) is 0 Å². The molecule has 3 aromatic rings. The zero-order valence-electron chi connectivity index (χ0n) is 18.9. The van der Waals surface area contributed by atoms with Crippen molar-refractivity contribution < 1.29 is 13.2 Å². The number of thiophene rings is 1. The summed E-state index contributed by atoms with van der Waals surface area (Å²) in [4.78, 5) is 24.2. The van der Waals surface area contributed by atoms with Gasteiger partial charge in [-0.25, -0.2) is 18.4 Å². The van der Waals surface area contributed by atoms with Crippen LogP contribution in [-0.2, 0) is 10.0 Å². The van der Waals surface area contributed by atoms with Gasteiger partial charge in [0.25, 0.3) is 5.91 Å². The number of hydrogen-bond acceptors (Lipinski definition) is 6. The minimum absolute atomic E-state index is 0.214. The highest BCUT2D eigenvalue weighted by atomic mass is 32.2. The second-order valence-corrected chi connectivity index (χ2v) is 11.9. The topological polar surface area (TPSA) is 92.3 Å². The molecule has 1 aromatic carbocycles. The lowest BCUT2D eigenvalue weighted by molar-refractivity contribution is 0.103. The van der Waals surface area contributed by atoms with Crippen LogP contribution in [0.4, 0.5) is 5.69 Å². The first-order valence-corrected chi connectivity index (χ1v) is 13.8. The number of nitrogens with zero attached hydrogens (tertiary/aromatic N) is 3. The number of nitrogens with one attached hydrogen (secondary N) is 1. The monoisotopic (exact) mass is 484 g/mol. The van der Waals surface area contributed by atoms with Gasteiger partial charge in [-0.05, 0) is 63.3 Å². The minimum atomic E-state index is -3.58. The van der Waals surface area contributed by atoms with Crippen molar-refractivity contribution in [3.8, 4) is 0 Å². The Morgan fingerprint density at radius 1 is 1.09 bits per heavy atom. The summed E-state index contributed by atoms with van der Waals surface area (Å²) in [5.41, 5.74) is 2.23. The number of aryl methyl sites for hydroxylation is 2. The Morgan fingerprint density at radius 3 is 2.52 bits per heavy atom. The highest BCUT2D eigenvalue weighted by Crippen LogP contribution is 2.40. The molecule has 2 aromatic heterocycles. The first kappa shape index (κ1) is 22.4. The Hall–Kier alpha value is -2.36. The number of anilines is 1. The summed E-state index contributed by atoms with van der Waals surface area (Å²) in [5.74, 6) is 1.06. The predicted octanol–water partition coefficient (Wildman–Crippen LogP) is 5.00. The van der Waals surface area contributed by atoms with Gasteiger partial charge in [-0.3, -0.25) is 4.79 Å². The molecule has 0 spiro atoms. The Morgan fingerprint density at radius 2 is 1.82 bits per heavy atom. The molecule has 3 heterocycles. The van der Waals surface area contributed by atoms with E-state index in [9.17, 15) is 13.2 Å². The lowest BCUT2D eigenvalue weighted by Gasteiger charge is -2.20. The van der Waals surface area contributed by atoms with E-state index in [-0.39, 0.29) is 10.8 Å². The van der Waals surface area contributed by atoms with Crippen molar-refractivity contribution in [1.29, 1.82) is 0 Å². The van der Waals surface area contributed by atoms with Crippen LogP contribution < -0.4 is 5.32 Å². The largest absolute Gasteiger partial charge is 0.321 e. The zero-order chi connectivity index (χ0) is 23.2. The van der Waals surface area contributed by atoms with Crippen LogP contribution in [0.2, 0.25) is 0 Å². The number of carbonyl (C=O) groups is 1. The smallest absolute Gasteiger partial charge is 0.266 e. The lowest BCUT2D eigenvalue weighted by Crippen LogP contribution is -2.32. The van der Waals surface area contributed by atoms with E-state index in [0.29, 0.717) is 29.6 Å². The average molecular weight is 485 g/mol. The number of sulfonamides is 1. The van der Waals surface area contributed by atoms with Gasteiger partial charge in [0.1, 0.15) is 10.7 Å². The molecule has 0 atom stereocenters. The molecule has 0 unspecified atom stereocenters. The lowest BCUT2D eigenvalue weighted by atomic mass is 10.1. The van der Waals surface area contributed by atoms with Crippen molar-refractivity contribution in [3.63, 3.8) is 0 Å². The summed E-state index contributed by atoms with van der Waals surface area (Å²) in [7, 11) is -3.58. The van der Waals surface area contributed by atoms with Crippen LogP contribution in [-0.4, -0.2) is 41.7 Å². The summed E-state index contributed by atoms with van der Waals surface area (Å²) in [6, 6.07) is 6.55. The van der Waals surface area contributed by atoms with Gasteiger partial charge in [0.05, 0.1) is 15.5 Å². The molecule has 2 fully saturated rings. The van der Waals surface area contributed by atoms with Gasteiger partial charge in [0.2, 0.25) is 10.0 Å². The minimum Gasteiger partial charge on any atom is -0.321 e. The van der Waals surface area contributed by atoms with Crippen LogP contribution in [0.15, 0.2) is 29.2 Å². The van der Waals surface area contributed by atoms with Crippen LogP contribution >= 0.6 is 11.3 Å². The SMILES string of the molecule is Cc1nc(C2CC2)nc2sc(C(=O)Nc3cccc(S(=O)(=O)N4CCCCCC4)c3)c(C)c12. The third kappa shape index (κ3) is 4.41. The average Bonchev–Trinajstić information content (AvgIpc) is 3.61. The first-order valence-electron chi connectivity index (χ1n) is 11.5. The van der Waals surface area contributed by atoms with Crippen molar-refractivity contribution >= 4 is 43.2 Å². The molecule has 2 aliphatic rings. The van der Waals surface area contributed by atoms with Crippen LogP contribution in [0, 0.1) is 13.8 Å². The Bertz CT molecular complexity index is 1320. The number of benzene rings is 1. The van der Waals surface area contributed by atoms with Gasteiger partial charge in [-0.1, -0.05) is 18.9 Å². The highest BCUT2D eigenvalue weighted by Gasteiger charge is 2.29. The molecular formula is C24H28N4O3S2. The van der Waals surface area contributed by atoms with Gasteiger partial charge in [0, 0.05) is 30.1 Å². The fourth-order valence-electron chi connectivity index (χ4n) is 4.45. The highest BCUT2D eigenvalue weighted by molar-refractivity contribution is 7.89. The molecule has 1 N–H and O–H groups in total. The summed E-state index contributed by atoms with van der Waals surface area (Å²) < 4.78 is 27.9. The number of rotatable bonds is 5. The number of fused-ring (bicyclic) bond motifs is 1. The van der Waals surface area contributed by atoms with Crippen molar-refractivity contribution in [2.45, 2.75) is 63.2 Å². The molecule has 33 heavy (non-hydrogen) atoms. The Kier molecular flexibility index (Phi) is 5.96. The molecule has 1 saturated heterocycles. The van der Waals surface area contributed by atoms with Crippen molar-refractivity contribution in [3.05, 3.63) is 46.2 Å². The van der Waals surface area contributed by atoms with Gasteiger partial charge < -0.3 is 5.32 Å². The standard InChI is InChI=1S/C24H28N4O3S2/c1-15-20-16(2)25-22(17-10-11-17)27-24(20)32-21(15)23(29)26-18-8-7-9-19(14-18)33(30,31)28-12-5-3-4-6-13-28/h7-9,14,17H,3-6,10-13H2,1-2H3,(H,26,29). The maximum absolute atomic E-state index is 13.1. The van der Waals surface area contributed by atoms with E-state index in [0.717, 1.165) is 65.8 Å². The fraction of sp³-hybridized carbons (Fsp3) is 0.458. The van der Waals surface area contributed by atoms with E-state index in [1.807, 2.05) is 13.8 Å². The Balaban J connectivity index is 1.41. The number of hydrogen-bond donors (Lipinski definition) is 1. The first-order chi connectivity index (χ1) is 15.8. The van der Waals surface area contributed by atoms with Crippen LogP contribution in [0.3, 0.4) is 0 Å². The predicted molar refractivity (Wildman–Crippen MR) is 130 cm³/mol. The molecule has 174 valence electrons. The van der Waals surface area contributed by atoms with E-state index >= 15 is 0 Å². The van der Waals surface area contributed by atoms with Crippen LogP contribution in [0.1, 0.15) is 71.2 Å². The van der Waals surface area contributed by atoms with E-state index < -0.39 is 10.0 Å². The molecule has 1 saturated carbocycles. The molecule has 1 aliphatic heterocycles. The molecule has 0 bridgehead atoms. The molecule has 9 heteroatoms. The molecule has 1 amide bonds. The van der Waals surface area contributed by atoms with Gasteiger partial charge in [-0.2, -0.15) is 4.31 Å². The van der Waals surface area contributed by atoms with E-state index in [1.54, 1.807) is 28.6 Å². The second-order valence-electron chi connectivity index (χ2n) is 8.98. The van der Waals surface area contributed by atoms with Crippen molar-refractivity contribution in [2.24, 2.45) is 0 Å². The van der Waals surface area contributed by atoms with E-state index in [4.69, 9.17) is 4.98 Å².